The van der Waals surface area contributed by atoms with Crippen molar-refractivity contribution in [3.63, 3.8) is 0 Å². The number of hydrogen-bond donors (Lipinski definition) is 0. The van der Waals surface area contributed by atoms with Gasteiger partial charge in [0.25, 0.3) is 0 Å². The predicted molar refractivity (Wildman–Crippen MR) is 92.4 cm³/mol. The molecule has 22 heavy (non-hydrogen) atoms. The van der Waals surface area contributed by atoms with Gasteiger partial charge in [0.05, 0.1) is 16.2 Å². The van der Waals surface area contributed by atoms with Gasteiger partial charge in [-0.3, -0.25) is 9.11 Å². The fourth-order valence-corrected chi connectivity index (χ4v) is 4.75. The molecule has 0 N–H and O–H groups in total. The van der Waals surface area contributed by atoms with Crippen LogP contribution in [0.4, 0.5) is 0 Å². The van der Waals surface area contributed by atoms with Gasteiger partial charge in [0, 0.05) is 4.90 Å². The molecule has 2 nitrogen and oxygen atoms in total. The summed E-state index contributed by atoms with van der Waals surface area (Å²) in [6.45, 7) is 4.22. The fraction of sp³-hybridized carbons (Fsp3) is 0.368. The zero-order valence-corrected chi connectivity index (χ0v) is 13.9. The van der Waals surface area contributed by atoms with E-state index in [0.717, 1.165) is 37.2 Å². The van der Waals surface area contributed by atoms with Crippen LogP contribution in [0.2, 0.25) is 0 Å². The lowest BCUT2D eigenvalue weighted by atomic mass is 10.1. The summed E-state index contributed by atoms with van der Waals surface area (Å²) in [5.41, 5.74) is 2.58. The van der Waals surface area contributed by atoms with E-state index >= 15 is 0 Å². The Morgan fingerprint density at radius 1 is 1.05 bits per heavy atom. The molecule has 2 atom stereocenters. The molecule has 0 aliphatic carbocycles. The van der Waals surface area contributed by atoms with Crippen molar-refractivity contribution < 1.29 is 4.21 Å². The lowest BCUT2D eigenvalue weighted by Gasteiger charge is -2.22. The summed E-state index contributed by atoms with van der Waals surface area (Å²) in [6.07, 6.45) is 3.14. The Hall–Kier alpha value is -1.45. The topological polar surface area (TPSA) is 20.3 Å². The molecule has 0 saturated carbocycles. The van der Waals surface area contributed by atoms with Crippen molar-refractivity contribution in [2.75, 3.05) is 13.1 Å². The van der Waals surface area contributed by atoms with Crippen molar-refractivity contribution in [1.82, 2.24) is 4.90 Å². The first-order valence-corrected chi connectivity index (χ1v) is 9.26. The zero-order valence-electron chi connectivity index (χ0n) is 13.1. The van der Waals surface area contributed by atoms with Gasteiger partial charge in [-0.05, 0) is 55.6 Å². The van der Waals surface area contributed by atoms with Crippen LogP contribution in [0.15, 0.2) is 59.5 Å². The van der Waals surface area contributed by atoms with Crippen molar-refractivity contribution in [2.45, 2.75) is 36.5 Å². The second kappa shape index (κ2) is 7.21. The Balaban J connectivity index is 1.70. The van der Waals surface area contributed by atoms with E-state index in [2.05, 4.69) is 48.2 Å². The summed E-state index contributed by atoms with van der Waals surface area (Å²) in [6, 6.07) is 18.8. The van der Waals surface area contributed by atoms with Crippen molar-refractivity contribution in [3.05, 3.63) is 65.7 Å². The maximum absolute atomic E-state index is 12.8. The Labute approximate surface area is 135 Å². The molecule has 2 aromatic rings. The van der Waals surface area contributed by atoms with Gasteiger partial charge in [0.2, 0.25) is 0 Å². The van der Waals surface area contributed by atoms with E-state index in [4.69, 9.17) is 0 Å². The summed E-state index contributed by atoms with van der Waals surface area (Å²) in [7, 11) is -0.918. The van der Waals surface area contributed by atoms with Crippen molar-refractivity contribution in [1.29, 1.82) is 0 Å². The smallest absolute Gasteiger partial charge is 0.0907 e. The highest BCUT2D eigenvalue weighted by Crippen LogP contribution is 2.24. The average molecular weight is 313 g/mol. The molecule has 0 amide bonds. The van der Waals surface area contributed by atoms with Gasteiger partial charge in [-0.1, -0.05) is 49.4 Å². The van der Waals surface area contributed by atoms with Crippen molar-refractivity contribution in [2.24, 2.45) is 0 Å². The average Bonchev–Trinajstić information content (AvgIpc) is 3.04. The van der Waals surface area contributed by atoms with E-state index in [-0.39, 0.29) is 5.37 Å². The van der Waals surface area contributed by atoms with E-state index in [9.17, 15) is 4.21 Å². The minimum absolute atomic E-state index is 0.199. The fourth-order valence-electron chi connectivity index (χ4n) is 3.13. The molecule has 0 bridgehead atoms. The van der Waals surface area contributed by atoms with Gasteiger partial charge in [-0.2, -0.15) is 0 Å². The summed E-state index contributed by atoms with van der Waals surface area (Å²) in [5.74, 6) is 0. The lowest BCUT2D eigenvalue weighted by molar-refractivity contribution is 0.330. The molecule has 2 aromatic carbocycles. The zero-order chi connectivity index (χ0) is 15.4. The van der Waals surface area contributed by atoms with Crippen LogP contribution in [-0.4, -0.2) is 27.6 Å². The molecule has 1 aliphatic rings. The van der Waals surface area contributed by atoms with E-state index < -0.39 is 10.8 Å². The van der Waals surface area contributed by atoms with Crippen LogP contribution >= 0.6 is 0 Å². The SMILES string of the molecule is CCN1CCCC1S(=O)c1ccc(Cc2ccccc2)cc1. The molecule has 116 valence electrons. The molecular weight excluding hydrogens is 290 g/mol. The first-order valence-electron chi connectivity index (χ1n) is 8.05. The number of likely N-dealkylation sites (tertiary alicyclic amines) is 1. The highest BCUT2D eigenvalue weighted by atomic mass is 32.2. The molecule has 1 aliphatic heterocycles. The summed E-state index contributed by atoms with van der Waals surface area (Å²) < 4.78 is 12.8. The molecule has 0 aromatic heterocycles. The summed E-state index contributed by atoms with van der Waals surface area (Å²) in [5, 5.41) is 0.199. The van der Waals surface area contributed by atoms with Crippen LogP contribution in [0, 0.1) is 0 Å². The van der Waals surface area contributed by atoms with Gasteiger partial charge >= 0.3 is 0 Å². The normalized spacial score (nSPS) is 20.1. The second-order valence-corrected chi connectivity index (χ2v) is 7.44. The van der Waals surface area contributed by atoms with Crippen LogP contribution in [-0.2, 0) is 17.2 Å². The first-order chi connectivity index (χ1) is 10.8. The molecule has 3 heteroatoms. The maximum Gasteiger partial charge on any atom is 0.0907 e. The molecule has 1 fully saturated rings. The van der Waals surface area contributed by atoms with E-state index in [1.54, 1.807) is 0 Å². The third kappa shape index (κ3) is 3.47. The van der Waals surface area contributed by atoms with Crippen LogP contribution in [0.25, 0.3) is 0 Å². The predicted octanol–water partition coefficient (Wildman–Crippen LogP) is 3.83. The molecule has 1 heterocycles. The van der Waals surface area contributed by atoms with E-state index in [0.29, 0.717) is 0 Å². The monoisotopic (exact) mass is 313 g/mol. The van der Waals surface area contributed by atoms with Crippen LogP contribution < -0.4 is 0 Å². The third-order valence-electron chi connectivity index (χ3n) is 4.36. The van der Waals surface area contributed by atoms with Crippen molar-refractivity contribution >= 4 is 10.8 Å². The van der Waals surface area contributed by atoms with Crippen LogP contribution in [0.1, 0.15) is 30.9 Å². The number of rotatable bonds is 5. The molecule has 0 radical (unpaired) electrons. The minimum Gasteiger partial charge on any atom is -0.289 e. The second-order valence-electron chi connectivity index (χ2n) is 5.83. The van der Waals surface area contributed by atoms with Gasteiger partial charge < -0.3 is 0 Å². The maximum atomic E-state index is 12.8. The first kappa shape index (κ1) is 15.4. The van der Waals surface area contributed by atoms with Crippen molar-refractivity contribution in [3.8, 4) is 0 Å². The lowest BCUT2D eigenvalue weighted by Crippen LogP contribution is -2.32. The Bertz CT molecular complexity index is 624. The highest BCUT2D eigenvalue weighted by molar-refractivity contribution is 7.85. The number of hydrogen-bond acceptors (Lipinski definition) is 2. The standard InChI is InChI=1S/C19H23NOS/c1-2-20-14-6-9-19(20)22(21)18-12-10-17(11-13-18)15-16-7-4-3-5-8-16/h3-5,7-8,10-13,19H,2,6,9,14-15H2,1H3. The van der Waals surface area contributed by atoms with Gasteiger partial charge in [-0.25, -0.2) is 0 Å². The minimum atomic E-state index is -0.918. The Morgan fingerprint density at radius 3 is 2.41 bits per heavy atom. The van der Waals surface area contributed by atoms with E-state index in [1.165, 1.54) is 11.1 Å². The highest BCUT2D eigenvalue weighted by Gasteiger charge is 2.28. The van der Waals surface area contributed by atoms with Gasteiger partial charge in [-0.15, -0.1) is 0 Å². The molecule has 1 saturated heterocycles. The molecular formula is C19H23NOS. The Kier molecular flexibility index (Phi) is 5.06. The molecule has 3 rings (SSSR count). The third-order valence-corrected chi connectivity index (χ3v) is 6.13. The number of benzene rings is 2. The molecule has 0 spiro atoms. The Morgan fingerprint density at radius 2 is 1.73 bits per heavy atom. The van der Waals surface area contributed by atoms with Crippen LogP contribution in [0.3, 0.4) is 0 Å². The number of nitrogens with zero attached hydrogens (tertiary/aromatic N) is 1. The molecule has 2 unspecified atom stereocenters. The summed E-state index contributed by atoms with van der Waals surface area (Å²) in [4.78, 5) is 3.30. The van der Waals surface area contributed by atoms with E-state index in [1.807, 2.05) is 18.2 Å². The summed E-state index contributed by atoms with van der Waals surface area (Å²) >= 11 is 0. The van der Waals surface area contributed by atoms with Crippen LogP contribution in [0.5, 0.6) is 0 Å². The van der Waals surface area contributed by atoms with Gasteiger partial charge in [0.1, 0.15) is 0 Å². The van der Waals surface area contributed by atoms with Gasteiger partial charge in [0.15, 0.2) is 0 Å². The largest absolute Gasteiger partial charge is 0.289 e. The quantitative estimate of drug-likeness (QED) is 0.836.